The highest BCUT2D eigenvalue weighted by Crippen LogP contribution is 2.16. The van der Waals surface area contributed by atoms with Gasteiger partial charge in [0.2, 0.25) is 5.78 Å². The Morgan fingerprint density at radius 3 is 2.17 bits per heavy atom. The first-order chi connectivity index (χ1) is 14.4. The fourth-order valence-electron chi connectivity index (χ4n) is 3.27. The van der Waals surface area contributed by atoms with Gasteiger partial charge in [-0.1, -0.05) is 0 Å². The first-order valence-electron chi connectivity index (χ1n) is 9.49. The Hall–Kier alpha value is -4.00. The van der Waals surface area contributed by atoms with Crippen LogP contribution in [0.25, 0.3) is 5.69 Å². The standard InChI is InChI=1S/C23H21N5O2/c1-15-14-16(2)28(26-15)20-10-6-18(7-11-20)23(30)25-19-8-4-17(5-9-19)21(29)22-24-12-13-27(22)3/h4-14H,1-3H3,(H,25,30). The van der Waals surface area contributed by atoms with Crippen LogP contribution in [0.1, 0.15) is 37.9 Å². The van der Waals surface area contributed by atoms with Gasteiger partial charge in [0, 0.05) is 41.9 Å². The highest BCUT2D eigenvalue weighted by molar-refractivity contribution is 6.07. The maximum atomic E-state index is 12.6. The topological polar surface area (TPSA) is 81.8 Å². The monoisotopic (exact) mass is 399 g/mol. The van der Waals surface area contributed by atoms with Crippen molar-refractivity contribution in [3.63, 3.8) is 0 Å². The second-order valence-electron chi connectivity index (χ2n) is 7.11. The molecule has 1 amide bonds. The van der Waals surface area contributed by atoms with Gasteiger partial charge in [0.1, 0.15) is 0 Å². The molecule has 0 fully saturated rings. The van der Waals surface area contributed by atoms with E-state index in [-0.39, 0.29) is 11.7 Å². The molecule has 0 bridgehead atoms. The van der Waals surface area contributed by atoms with E-state index in [0.717, 1.165) is 17.1 Å². The number of carbonyl (C=O) groups is 2. The van der Waals surface area contributed by atoms with Gasteiger partial charge < -0.3 is 9.88 Å². The molecule has 7 heteroatoms. The lowest BCUT2D eigenvalue weighted by Crippen LogP contribution is -2.13. The van der Waals surface area contributed by atoms with E-state index in [1.807, 2.05) is 36.7 Å². The number of benzene rings is 2. The third-order valence-electron chi connectivity index (χ3n) is 4.81. The molecule has 0 atom stereocenters. The summed E-state index contributed by atoms with van der Waals surface area (Å²) in [5.74, 6) is -0.0206. The zero-order valence-corrected chi connectivity index (χ0v) is 17.0. The van der Waals surface area contributed by atoms with Crippen molar-refractivity contribution in [2.45, 2.75) is 13.8 Å². The van der Waals surface area contributed by atoms with Gasteiger partial charge in [0.15, 0.2) is 5.82 Å². The lowest BCUT2D eigenvalue weighted by Gasteiger charge is -2.08. The van der Waals surface area contributed by atoms with E-state index in [1.54, 1.807) is 60.4 Å². The smallest absolute Gasteiger partial charge is 0.255 e. The molecule has 2 aromatic carbocycles. The molecule has 2 heterocycles. The van der Waals surface area contributed by atoms with Crippen molar-refractivity contribution < 1.29 is 9.59 Å². The Kier molecular flexibility index (Phi) is 5.02. The average Bonchev–Trinajstić information content (AvgIpc) is 3.32. The SMILES string of the molecule is Cc1cc(C)n(-c2ccc(C(=O)Nc3ccc(C(=O)c4nccn4C)cc3)cc2)n1. The summed E-state index contributed by atoms with van der Waals surface area (Å²) >= 11 is 0. The number of imidazole rings is 1. The van der Waals surface area contributed by atoms with Crippen LogP contribution in [0.3, 0.4) is 0 Å². The molecule has 0 saturated carbocycles. The van der Waals surface area contributed by atoms with Gasteiger partial charge in [-0.15, -0.1) is 0 Å². The Morgan fingerprint density at radius 2 is 1.60 bits per heavy atom. The summed E-state index contributed by atoms with van der Waals surface area (Å²) < 4.78 is 3.52. The number of carbonyl (C=O) groups excluding carboxylic acids is 2. The van der Waals surface area contributed by atoms with E-state index in [4.69, 9.17) is 0 Å². The summed E-state index contributed by atoms with van der Waals surface area (Å²) in [6, 6.07) is 16.0. The number of ketones is 1. The molecule has 2 aromatic heterocycles. The molecule has 4 rings (SSSR count). The van der Waals surface area contributed by atoms with Crippen molar-refractivity contribution in [1.82, 2.24) is 19.3 Å². The minimum atomic E-state index is -0.224. The van der Waals surface area contributed by atoms with E-state index in [2.05, 4.69) is 15.4 Å². The summed E-state index contributed by atoms with van der Waals surface area (Å²) in [4.78, 5) is 29.1. The minimum Gasteiger partial charge on any atom is -0.331 e. The van der Waals surface area contributed by atoms with E-state index >= 15 is 0 Å². The summed E-state index contributed by atoms with van der Waals surface area (Å²) in [7, 11) is 1.77. The molecule has 4 aromatic rings. The number of nitrogens with zero attached hydrogens (tertiary/aromatic N) is 4. The largest absolute Gasteiger partial charge is 0.331 e. The lowest BCUT2D eigenvalue weighted by molar-refractivity contribution is 0.102. The van der Waals surface area contributed by atoms with E-state index < -0.39 is 0 Å². The summed E-state index contributed by atoms with van der Waals surface area (Å²) in [6.45, 7) is 3.93. The first kappa shape index (κ1) is 19.3. The molecule has 0 saturated heterocycles. The van der Waals surface area contributed by atoms with Gasteiger partial charge in [-0.2, -0.15) is 5.10 Å². The molecule has 0 aliphatic carbocycles. The van der Waals surface area contributed by atoms with Crippen molar-refractivity contribution in [3.05, 3.63) is 95.3 Å². The van der Waals surface area contributed by atoms with Crippen LogP contribution < -0.4 is 5.32 Å². The Morgan fingerprint density at radius 1 is 0.933 bits per heavy atom. The number of nitrogens with one attached hydrogen (secondary N) is 1. The predicted octanol–water partition coefficient (Wildman–Crippen LogP) is 3.71. The van der Waals surface area contributed by atoms with E-state index in [1.165, 1.54) is 0 Å². The number of amides is 1. The molecule has 7 nitrogen and oxygen atoms in total. The van der Waals surface area contributed by atoms with Crippen molar-refractivity contribution >= 4 is 17.4 Å². The number of hydrogen-bond acceptors (Lipinski definition) is 4. The van der Waals surface area contributed by atoms with Crippen molar-refractivity contribution in [2.24, 2.45) is 7.05 Å². The normalized spacial score (nSPS) is 10.8. The highest BCUT2D eigenvalue weighted by Gasteiger charge is 2.14. The van der Waals surface area contributed by atoms with Gasteiger partial charge in [0.25, 0.3) is 5.91 Å². The molecule has 0 aliphatic heterocycles. The van der Waals surface area contributed by atoms with Gasteiger partial charge in [-0.05, 0) is 68.4 Å². The van der Waals surface area contributed by atoms with Gasteiger partial charge >= 0.3 is 0 Å². The predicted molar refractivity (Wildman–Crippen MR) is 114 cm³/mol. The Bertz CT molecular complexity index is 1220. The van der Waals surface area contributed by atoms with Gasteiger partial charge in [-0.3, -0.25) is 9.59 Å². The van der Waals surface area contributed by atoms with Crippen molar-refractivity contribution in [2.75, 3.05) is 5.32 Å². The molecule has 0 radical (unpaired) electrons. The quantitative estimate of drug-likeness (QED) is 0.519. The molecule has 0 spiro atoms. The number of rotatable bonds is 5. The lowest BCUT2D eigenvalue weighted by atomic mass is 10.1. The van der Waals surface area contributed by atoms with Crippen LogP contribution in [0.2, 0.25) is 0 Å². The minimum absolute atomic E-state index is 0.167. The van der Waals surface area contributed by atoms with Crippen LogP contribution in [0.4, 0.5) is 5.69 Å². The molecule has 0 aliphatic rings. The molecule has 150 valence electrons. The number of aromatic nitrogens is 4. The Balaban J connectivity index is 1.45. The van der Waals surface area contributed by atoms with Crippen LogP contribution in [0, 0.1) is 13.8 Å². The summed E-state index contributed by atoms with van der Waals surface area (Å²) in [5, 5.41) is 7.30. The molecule has 1 N–H and O–H groups in total. The van der Waals surface area contributed by atoms with Crippen LogP contribution in [0.15, 0.2) is 67.0 Å². The number of anilines is 1. The second-order valence-corrected chi connectivity index (χ2v) is 7.11. The summed E-state index contributed by atoms with van der Waals surface area (Å²) in [6.07, 6.45) is 3.31. The van der Waals surface area contributed by atoms with Gasteiger partial charge in [0.05, 0.1) is 11.4 Å². The second kappa shape index (κ2) is 7.79. The van der Waals surface area contributed by atoms with Crippen LogP contribution in [-0.2, 0) is 7.05 Å². The van der Waals surface area contributed by atoms with Crippen molar-refractivity contribution in [1.29, 1.82) is 0 Å². The van der Waals surface area contributed by atoms with Crippen LogP contribution >= 0.6 is 0 Å². The first-order valence-corrected chi connectivity index (χ1v) is 9.49. The zero-order chi connectivity index (χ0) is 21.3. The molecular weight excluding hydrogens is 378 g/mol. The highest BCUT2D eigenvalue weighted by atomic mass is 16.1. The van der Waals surface area contributed by atoms with Crippen LogP contribution in [-0.4, -0.2) is 31.0 Å². The third kappa shape index (κ3) is 3.77. The third-order valence-corrected chi connectivity index (χ3v) is 4.81. The summed E-state index contributed by atoms with van der Waals surface area (Å²) in [5.41, 5.74) is 4.53. The van der Waals surface area contributed by atoms with Crippen molar-refractivity contribution in [3.8, 4) is 5.69 Å². The van der Waals surface area contributed by atoms with Crippen LogP contribution in [0.5, 0.6) is 0 Å². The average molecular weight is 399 g/mol. The van der Waals surface area contributed by atoms with Gasteiger partial charge in [-0.25, -0.2) is 9.67 Å². The number of aryl methyl sites for hydroxylation is 3. The fraction of sp³-hybridized carbons (Fsp3) is 0.130. The zero-order valence-electron chi connectivity index (χ0n) is 17.0. The molecule has 30 heavy (non-hydrogen) atoms. The van der Waals surface area contributed by atoms with E-state index in [0.29, 0.717) is 22.6 Å². The molecule has 0 unspecified atom stereocenters. The van der Waals surface area contributed by atoms with E-state index in [9.17, 15) is 9.59 Å². The Labute approximate surface area is 174 Å². The maximum absolute atomic E-state index is 12.6. The molecular formula is C23H21N5O2. The maximum Gasteiger partial charge on any atom is 0.255 e. The number of hydrogen-bond donors (Lipinski definition) is 1. The fourth-order valence-corrected chi connectivity index (χ4v) is 3.27.